The van der Waals surface area contributed by atoms with Crippen LogP contribution in [0.2, 0.25) is 0 Å². The maximum Gasteiger partial charge on any atom is 0.416 e. The van der Waals surface area contributed by atoms with Gasteiger partial charge < -0.3 is 0 Å². The maximum atomic E-state index is 13.0. The normalized spacial score (nSPS) is 14.0. The summed E-state index contributed by atoms with van der Waals surface area (Å²) in [6.07, 6.45) is -3.32. The quantitative estimate of drug-likeness (QED) is 0.307. The Morgan fingerprint density at radius 2 is 1.63 bits per heavy atom. The molecule has 0 bridgehead atoms. The average Bonchev–Trinajstić information content (AvgIpc) is 2.62. The lowest BCUT2D eigenvalue weighted by Gasteiger charge is -2.14. The van der Waals surface area contributed by atoms with E-state index in [-0.39, 0.29) is 20.3 Å². The molecular weight excluding hydrogens is 478 g/mol. The smallest absolute Gasteiger partial charge is 0.290 e. The number of benzene rings is 2. The third-order valence-electron chi connectivity index (χ3n) is 3.81. The molecule has 30 heavy (non-hydrogen) atoms. The second kappa shape index (κ2) is 9.30. The molecule has 0 saturated carbocycles. The third-order valence-corrected chi connectivity index (χ3v) is 6.01. The molecule has 2 atom stereocenters. The van der Waals surface area contributed by atoms with Crippen LogP contribution >= 0.6 is 46.7 Å². The van der Waals surface area contributed by atoms with Gasteiger partial charge in [-0.05, 0) is 50.2 Å². The van der Waals surface area contributed by atoms with Crippen LogP contribution in [0.4, 0.5) is 18.9 Å². The van der Waals surface area contributed by atoms with Crippen molar-refractivity contribution in [1.29, 1.82) is 0 Å². The van der Waals surface area contributed by atoms with E-state index in [0.29, 0.717) is 5.69 Å². The van der Waals surface area contributed by atoms with E-state index >= 15 is 0 Å². The summed E-state index contributed by atoms with van der Waals surface area (Å²) in [6, 6.07) is 8.39. The largest absolute Gasteiger partial charge is 0.416 e. The predicted molar refractivity (Wildman–Crippen MR) is 119 cm³/mol. The first-order valence-electron chi connectivity index (χ1n) is 8.65. The molecule has 0 fully saturated rings. The molecule has 4 nitrogen and oxygen atoms in total. The highest BCUT2D eigenvalue weighted by Crippen LogP contribution is 2.35. The van der Waals surface area contributed by atoms with E-state index in [1.165, 1.54) is 35.9 Å². The Bertz CT molecular complexity index is 1090. The fraction of sp³-hybridized carbons (Fsp3) is 0.263. The standard InChI is InChI=1S/C19H16Cl2F3N3OS2/c1-10(20)29-14-6-13(7-15(8-14)30-11(2)21)26-27-9-25-17-4-3-12(19(22,23)24)5-16(17)18(27)28/h3-11,26H,1-2H3. The monoisotopic (exact) mass is 493 g/mol. The van der Waals surface area contributed by atoms with Crippen molar-refractivity contribution in [2.24, 2.45) is 0 Å². The molecule has 0 spiro atoms. The summed E-state index contributed by atoms with van der Waals surface area (Å²) in [5.41, 5.74) is 2.07. The second-order valence-corrected chi connectivity index (χ2v) is 10.9. The Balaban J connectivity index is 2.02. The number of fused-ring (bicyclic) bond motifs is 1. The fourth-order valence-corrected chi connectivity index (χ4v) is 4.89. The van der Waals surface area contributed by atoms with Crippen LogP contribution in [0.3, 0.4) is 0 Å². The third kappa shape index (κ3) is 5.78. The number of aromatic nitrogens is 2. The Morgan fingerprint density at radius 1 is 1.03 bits per heavy atom. The van der Waals surface area contributed by atoms with Gasteiger partial charge in [0.25, 0.3) is 5.56 Å². The predicted octanol–water partition coefficient (Wildman–Crippen LogP) is 6.64. The minimum absolute atomic E-state index is 0.135. The first-order chi connectivity index (χ1) is 14.0. The van der Waals surface area contributed by atoms with E-state index in [0.717, 1.165) is 26.6 Å². The zero-order valence-electron chi connectivity index (χ0n) is 15.7. The highest BCUT2D eigenvalue weighted by molar-refractivity contribution is 8.01. The number of nitrogens with zero attached hydrogens (tertiary/aromatic N) is 2. The molecule has 2 unspecified atom stereocenters. The van der Waals surface area contributed by atoms with Gasteiger partial charge in [0, 0.05) is 9.79 Å². The van der Waals surface area contributed by atoms with Crippen molar-refractivity contribution in [2.45, 2.75) is 39.2 Å². The number of anilines is 1. The average molecular weight is 494 g/mol. The van der Waals surface area contributed by atoms with Gasteiger partial charge in [-0.2, -0.15) is 13.2 Å². The van der Waals surface area contributed by atoms with E-state index in [9.17, 15) is 18.0 Å². The maximum absolute atomic E-state index is 13.0. The lowest BCUT2D eigenvalue weighted by molar-refractivity contribution is -0.137. The zero-order chi connectivity index (χ0) is 22.1. The SMILES string of the molecule is CC(Cl)Sc1cc(Nn2cnc3ccc(C(F)(F)F)cc3c2=O)cc(SC(C)Cl)c1. The molecule has 0 amide bonds. The lowest BCUT2D eigenvalue weighted by atomic mass is 10.1. The van der Waals surface area contributed by atoms with Gasteiger partial charge in [0.2, 0.25) is 0 Å². The fourth-order valence-electron chi connectivity index (χ4n) is 2.66. The van der Waals surface area contributed by atoms with Gasteiger partial charge >= 0.3 is 6.18 Å². The summed E-state index contributed by atoms with van der Waals surface area (Å²) < 4.78 is 39.7. The summed E-state index contributed by atoms with van der Waals surface area (Å²) in [6.45, 7) is 3.67. The van der Waals surface area contributed by atoms with Gasteiger partial charge in [-0.3, -0.25) is 10.2 Å². The molecular formula is C19H16Cl2F3N3OS2. The second-order valence-electron chi connectivity index (χ2n) is 6.28. The van der Waals surface area contributed by atoms with Crippen molar-refractivity contribution in [3.8, 4) is 0 Å². The van der Waals surface area contributed by atoms with Crippen LogP contribution in [0.15, 0.2) is 57.3 Å². The number of rotatable bonds is 6. The minimum Gasteiger partial charge on any atom is -0.290 e. The van der Waals surface area contributed by atoms with E-state index in [4.69, 9.17) is 23.2 Å². The van der Waals surface area contributed by atoms with Crippen molar-refractivity contribution < 1.29 is 13.2 Å². The van der Waals surface area contributed by atoms with Crippen LogP contribution in [0, 0.1) is 0 Å². The van der Waals surface area contributed by atoms with Crippen molar-refractivity contribution in [2.75, 3.05) is 5.43 Å². The molecule has 0 radical (unpaired) electrons. The summed E-state index contributed by atoms with van der Waals surface area (Å²) in [7, 11) is 0. The van der Waals surface area contributed by atoms with E-state index in [1.54, 1.807) is 12.1 Å². The van der Waals surface area contributed by atoms with Crippen LogP contribution < -0.4 is 11.0 Å². The minimum atomic E-state index is -4.55. The zero-order valence-corrected chi connectivity index (χ0v) is 18.8. The molecule has 1 N–H and O–H groups in total. The molecule has 160 valence electrons. The van der Waals surface area contributed by atoms with Gasteiger partial charge in [0.05, 0.1) is 31.6 Å². The molecule has 0 saturated heterocycles. The highest BCUT2D eigenvalue weighted by atomic mass is 35.5. The van der Waals surface area contributed by atoms with Crippen molar-refractivity contribution in [3.63, 3.8) is 0 Å². The molecule has 3 aromatic rings. The number of halogens is 5. The van der Waals surface area contributed by atoms with E-state index in [2.05, 4.69) is 10.4 Å². The molecule has 0 aliphatic heterocycles. The molecule has 2 aromatic carbocycles. The van der Waals surface area contributed by atoms with E-state index < -0.39 is 17.3 Å². The van der Waals surface area contributed by atoms with Crippen LogP contribution in [0.5, 0.6) is 0 Å². The Morgan fingerprint density at radius 3 is 2.17 bits per heavy atom. The van der Waals surface area contributed by atoms with Crippen molar-refractivity contribution in [1.82, 2.24) is 9.66 Å². The number of hydrogen-bond donors (Lipinski definition) is 1. The van der Waals surface area contributed by atoms with Crippen molar-refractivity contribution in [3.05, 3.63) is 58.6 Å². The lowest BCUT2D eigenvalue weighted by Crippen LogP contribution is -2.27. The summed E-state index contributed by atoms with van der Waals surface area (Å²) in [5, 5.41) is -0.135. The van der Waals surface area contributed by atoms with Crippen molar-refractivity contribution >= 4 is 63.3 Å². The van der Waals surface area contributed by atoms with Gasteiger partial charge in [0.15, 0.2) is 0 Å². The van der Waals surface area contributed by atoms with Gasteiger partial charge in [-0.25, -0.2) is 9.66 Å². The van der Waals surface area contributed by atoms with Gasteiger partial charge in [0.1, 0.15) is 6.33 Å². The Kier molecular flexibility index (Phi) is 7.16. The first kappa shape index (κ1) is 23.1. The van der Waals surface area contributed by atoms with Crippen LogP contribution in [-0.2, 0) is 6.18 Å². The van der Waals surface area contributed by atoms with Gasteiger partial charge in [-0.15, -0.1) is 46.7 Å². The molecule has 3 rings (SSSR count). The summed E-state index contributed by atoms with van der Waals surface area (Å²) in [5.74, 6) is 0. The molecule has 0 aliphatic rings. The summed E-state index contributed by atoms with van der Waals surface area (Å²) >= 11 is 15.0. The van der Waals surface area contributed by atoms with Crippen LogP contribution in [0.1, 0.15) is 19.4 Å². The topological polar surface area (TPSA) is 46.9 Å². The Labute approximate surface area is 189 Å². The molecule has 1 aromatic heterocycles. The highest BCUT2D eigenvalue weighted by Gasteiger charge is 2.30. The summed E-state index contributed by atoms with van der Waals surface area (Å²) in [4.78, 5) is 18.6. The number of thioether (sulfide) groups is 2. The first-order valence-corrected chi connectivity index (χ1v) is 11.3. The molecule has 0 aliphatic carbocycles. The van der Waals surface area contributed by atoms with E-state index in [1.807, 2.05) is 19.9 Å². The molecule has 11 heteroatoms. The number of alkyl halides is 5. The van der Waals surface area contributed by atoms with Crippen LogP contribution in [0.25, 0.3) is 10.9 Å². The van der Waals surface area contributed by atoms with Gasteiger partial charge in [-0.1, -0.05) is 0 Å². The molecule has 1 heterocycles. The Hall–Kier alpha value is -1.55. The number of nitrogens with one attached hydrogen (secondary N) is 1. The number of hydrogen-bond acceptors (Lipinski definition) is 5. The van der Waals surface area contributed by atoms with Crippen LogP contribution in [-0.4, -0.2) is 19.1 Å².